The molecule has 1 aromatic carbocycles. The van der Waals surface area contributed by atoms with Gasteiger partial charge in [0.2, 0.25) is 0 Å². The van der Waals surface area contributed by atoms with Gasteiger partial charge in [-0.15, -0.1) is 0 Å². The van der Waals surface area contributed by atoms with E-state index in [-0.39, 0.29) is 5.76 Å². The van der Waals surface area contributed by atoms with E-state index in [2.05, 4.69) is 4.74 Å². The summed E-state index contributed by atoms with van der Waals surface area (Å²) in [6, 6.07) is 5.06. The molecule has 102 valence electrons. The number of furan rings is 1. The maximum absolute atomic E-state index is 11.7. The lowest BCUT2D eigenvalue weighted by atomic mass is 10.2. The van der Waals surface area contributed by atoms with Crippen molar-refractivity contribution in [1.82, 2.24) is 0 Å². The van der Waals surface area contributed by atoms with Crippen LogP contribution in [-0.4, -0.2) is 33.4 Å². The average molecular weight is 265 g/mol. The third kappa shape index (κ3) is 2.63. The highest BCUT2D eigenvalue weighted by atomic mass is 16.5. The van der Waals surface area contributed by atoms with Crippen molar-refractivity contribution in [2.75, 3.05) is 33.2 Å². The van der Waals surface area contributed by atoms with E-state index in [1.54, 1.807) is 25.3 Å². The van der Waals surface area contributed by atoms with Gasteiger partial charge in [-0.1, -0.05) is 0 Å². The molecular weight excluding hydrogens is 250 g/mol. The Bertz CT molecular complexity index is 590. The van der Waals surface area contributed by atoms with Crippen molar-refractivity contribution in [1.29, 1.82) is 0 Å². The number of carbonyl (C=O) groups is 1. The number of anilines is 1. The van der Waals surface area contributed by atoms with Crippen LogP contribution in [0.5, 0.6) is 5.75 Å². The van der Waals surface area contributed by atoms with Crippen LogP contribution < -0.4 is 10.5 Å². The lowest BCUT2D eigenvalue weighted by Crippen LogP contribution is -2.08. The summed E-state index contributed by atoms with van der Waals surface area (Å²) in [5.41, 5.74) is 6.80. The topological polar surface area (TPSA) is 83.9 Å². The van der Waals surface area contributed by atoms with Gasteiger partial charge in [0.25, 0.3) is 5.76 Å². The van der Waals surface area contributed by atoms with Crippen molar-refractivity contribution in [3.05, 3.63) is 24.0 Å². The fourth-order valence-electron chi connectivity index (χ4n) is 1.69. The number of hydrogen-bond acceptors (Lipinski definition) is 6. The molecule has 0 bridgehead atoms. The van der Waals surface area contributed by atoms with Gasteiger partial charge >= 0.3 is 5.97 Å². The van der Waals surface area contributed by atoms with Crippen molar-refractivity contribution in [3.8, 4) is 5.75 Å². The third-order valence-corrected chi connectivity index (χ3v) is 2.57. The minimum atomic E-state index is -0.595. The first kappa shape index (κ1) is 13.2. The second kappa shape index (κ2) is 5.62. The van der Waals surface area contributed by atoms with E-state index in [0.29, 0.717) is 35.6 Å². The molecule has 0 saturated heterocycles. The van der Waals surface area contributed by atoms with E-state index in [1.807, 2.05) is 0 Å². The molecule has 0 unspecified atom stereocenters. The number of benzene rings is 1. The molecule has 2 aromatic rings. The van der Waals surface area contributed by atoms with Crippen LogP contribution in [0.2, 0.25) is 0 Å². The summed E-state index contributed by atoms with van der Waals surface area (Å²) in [6.07, 6.45) is 0. The molecule has 0 aliphatic rings. The lowest BCUT2D eigenvalue weighted by molar-refractivity contribution is 0.0558. The van der Waals surface area contributed by atoms with E-state index in [4.69, 9.17) is 19.6 Å². The highest BCUT2D eigenvalue weighted by Gasteiger charge is 2.22. The van der Waals surface area contributed by atoms with E-state index < -0.39 is 5.97 Å². The number of carbonyl (C=O) groups excluding carboxylic acids is 1. The Morgan fingerprint density at radius 2 is 2.11 bits per heavy atom. The first-order chi connectivity index (χ1) is 9.17. The minimum absolute atomic E-state index is 0.0270. The number of hydrogen-bond donors (Lipinski definition) is 1. The van der Waals surface area contributed by atoms with E-state index in [1.165, 1.54) is 7.11 Å². The van der Waals surface area contributed by atoms with Gasteiger partial charge in [-0.2, -0.15) is 0 Å². The molecule has 2 rings (SSSR count). The molecule has 19 heavy (non-hydrogen) atoms. The summed E-state index contributed by atoms with van der Waals surface area (Å²) in [7, 11) is 2.85. The first-order valence-corrected chi connectivity index (χ1v) is 5.69. The van der Waals surface area contributed by atoms with Gasteiger partial charge in [0.1, 0.15) is 12.2 Å². The number of ether oxygens (including phenoxy) is 3. The fraction of sp³-hybridized carbons (Fsp3) is 0.308. The van der Waals surface area contributed by atoms with Crippen molar-refractivity contribution >= 4 is 22.6 Å². The molecule has 0 aliphatic heterocycles. The van der Waals surface area contributed by atoms with Gasteiger partial charge in [-0.05, 0) is 18.2 Å². The van der Waals surface area contributed by atoms with Crippen LogP contribution in [0.1, 0.15) is 10.6 Å². The number of fused-ring (bicyclic) bond motifs is 1. The Morgan fingerprint density at radius 3 is 2.79 bits per heavy atom. The van der Waals surface area contributed by atoms with Crippen LogP contribution in [0.3, 0.4) is 0 Å². The fourth-order valence-corrected chi connectivity index (χ4v) is 1.69. The molecule has 6 nitrogen and oxygen atoms in total. The molecule has 2 N–H and O–H groups in total. The smallest absolute Gasteiger partial charge is 0.377 e. The molecule has 0 atom stereocenters. The predicted molar refractivity (Wildman–Crippen MR) is 69.3 cm³/mol. The SMILES string of the molecule is COCCOc1c(C(=O)OC)oc2ccc(N)cc12. The van der Waals surface area contributed by atoms with Gasteiger partial charge < -0.3 is 24.4 Å². The Kier molecular flexibility index (Phi) is 3.91. The largest absolute Gasteiger partial charge is 0.486 e. The molecule has 0 amide bonds. The standard InChI is InChI=1S/C13H15NO5/c1-16-5-6-18-11-9-7-8(14)3-4-10(9)19-12(11)13(15)17-2/h3-4,7H,5-6,14H2,1-2H3. The van der Waals surface area contributed by atoms with Crippen LogP contribution >= 0.6 is 0 Å². The Hall–Kier alpha value is -2.21. The predicted octanol–water partition coefficient (Wildman–Crippen LogP) is 1.83. The number of nitrogens with two attached hydrogens (primary N) is 1. The van der Waals surface area contributed by atoms with Gasteiger partial charge in [0, 0.05) is 12.8 Å². The van der Waals surface area contributed by atoms with Crippen LogP contribution in [0.25, 0.3) is 11.0 Å². The van der Waals surface area contributed by atoms with E-state index in [9.17, 15) is 4.79 Å². The zero-order valence-electron chi connectivity index (χ0n) is 10.8. The average Bonchev–Trinajstić information content (AvgIpc) is 2.76. The van der Waals surface area contributed by atoms with Gasteiger partial charge in [-0.25, -0.2) is 4.79 Å². The van der Waals surface area contributed by atoms with E-state index in [0.717, 1.165) is 0 Å². The van der Waals surface area contributed by atoms with Gasteiger partial charge in [0.15, 0.2) is 5.75 Å². The molecule has 0 aliphatic carbocycles. The second-order valence-electron chi connectivity index (χ2n) is 3.85. The normalized spacial score (nSPS) is 10.6. The second-order valence-corrected chi connectivity index (χ2v) is 3.85. The number of nitrogen functional groups attached to an aromatic ring is 1. The molecule has 0 saturated carbocycles. The van der Waals surface area contributed by atoms with Crippen molar-refractivity contribution in [2.24, 2.45) is 0 Å². The van der Waals surface area contributed by atoms with Crippen LogP contribution in [0, 0.1) is 0 Å². The zero-order chi connectivity index (χ0) is 13.8. The van der Waals surface area contributed by atoms with Crippen molar-refractivity contribution in [3.63, 3.8) is 0 Å². The van der Waals surface area contributed by atoms with Gasteiger partial charge in [-0.3, -0.25) is 0 Å². The van der Waals surface area contributed by atoms with Gasteiger partial charge in [0.05, 0.1) is 19.1 Å². The third-order valence-electron chi connectivity index (χ3n) is 2.57. The Labute approximate surface area is 110 Å². The maximum atomic E-state index is 11.7. The quantitative estimate of drug-likeness (QED) is 0.504. The highest BCUT2D eigenvalue weighted by molar-refractivity contribution is 5.99. The van der Waals surface area contributed by atoms with Crippen molar-refractivity contribution < 1.29 is 23.4 Å². The van der Waals surface area contributed by atoms with Crippen LogP contribution in [0.4, 0.5) is 5.69 Å². The molecule has 6 heteroatoms. The summed E-state index contributed by atoms with van der Waals surface area (Å²) in [5, 5.41) is 0.636. The number of rotatable bonds is 5. The Balaban J connectivity index is 2.46. The van der Waals surface area contributed by atoms with Crippen LogP contribution in [-0.2, 0) is 9.47 Å². The molecular formula is C13H15NO5. The first-order valence-electron chi connectivity index (χ1n) is 5.69. The summed E-state index contributed by atoms with van der Waals surface area (Å²) in [5.74, 6) is -0.243. The summed E-state index contributed by atoms with van der Waals surface area (Å²) >= 11 is 0. The minimum Gasteiger partial charge on any atom is -0.486 e. The zero-order valence-corrected chi connectivity index (χ0v) is 10.8. The maximum Gasteiger partial charge on any atom is 0.377 e. The highest BCUT2D eigenvalue weighted by Crippen LogP contribution is 2.34. The lowest BCUT2D eigenvalue weighted by Gasteiger charge is -2.05. The Morgan fingerprint density at radius 1 is 1.32 bits per heavy atom. The summed E-state index contributed by atoms with van der Waals surface area (Å²) in [4.78, 5) is 11.7. The number of esters is 1. The molecule has 1 aromatic heterocycles. The van der Waals surface area contributed by atoms with E-state index >= 15 is 0 Å². The van der Waals surface area contributed by atoms with Crippen molar-refractivity contribution in [2.45, 2.75) is 0 Å². The van der Waals surface area contributed by atoms with Crippen LogP contribution in [0.15, 0.2) is 22.6 Å². The molecule has 1 heterocycles. The summed E-state index contributed by atoms with van der Waals surface area (Å²) in [6.45, 7) is 0.694. The monoisotopic (exact) mass is 265 g/mol. The number of methoxy groups -OCH3 is 2. The molecule has 0 fully saturated rings. The molecule has 0 radical (unpaired) electrons. The summed E-state index contributed by atoms with van der Waals surface area (Å²) < 4.78 is 20.5. The molecule has 0 spiro atoms.